The topological polar surface area (TPSA) is 50.8 Å². The summed E-state index contributed by atoms with van der Waals surface area (Å²) in [4.78, 5) is 15.2. The molecule has 5 nitrogen and oxygen atoms in total. The van der Waals surface area contributed by atoms with Gasteiger partial charge in [-0.1, -0.05) is 12.1 Å². The van der Waals surface area contributed by atoms with Crippen LogP contribution in [-0.2, 0) is 0 Å². The molecule has 3 aliphatic rings. The minimum absolute atomic E-state index is 0.00978. The highest BCUT2D eigenvalue weighted by molar-refractivity contribution is 5.94. The quantitative estimate of drug-likeness (QED) is 0.877. The number of para-hydroxylation sites is 2. The van der Waals surface area contributed by atoms with Gasteiger partial charge in [0.15, 0.2) is 11.5 Å². The number of amides is 1. The van der Waals surface area contributed by atoms with E-state index in [4.69, 9.17) is 9.47 Å². The molecule has 5 rings (SSSR count). The molecule has 2 aromatic carbocycles. The number of nitrogens with zero attached hydrogens (tertiary/aromatic N) is 1. The first kappa shape index (κ1) is 17.9. The Morgan fingerprint density at radius 2 is 1.70 bits per heavy atom. The second-order valence-corrected chi connectivity index (χ2v) is 7.39. The monoisotopic (exact) mass is 366 g/mol. The van der Waals surface area contributed by atoms with Crippen LogP contribution in [0.3, 0.4) is 0 Å². The molecular formula is C22H26N2O3. The van der Waals surface area contributed by atoms with Crippen LogP contribution in [0.25, 0.3) is 0 Å². The zero-order valence-electron chi connectivity index (χ0n) is 15.9. The van der Waals surface area contributed by atoms with Crippen LogP contribution in [0, 0.1) is 5.92 Å². The van der Waals surface area contributed by atoms with Crippen molar-refractivity contribution in [3.63, 3.8) is 0 Å². The van der Waals surface area contributed by atoms with Crippen LogP contribution in [0.5, 0.6) is 17.2 Å². The van der Waals surface area contributed by atoms with Crippen molar-refractivity contribution in [3.8, 4) is 17.2 Å². The fraction of sp³-hybridized carbons (Fsp3) is 0.409. The number of piperidine rings is 3. The van der Waals surface area contributed by atoms with Gasteiger partial charge in [-0.2, -0.15) is 0 Å². The van der Waals surface area contributed by atoms with Crippen molar-refractivity contribution >= 4 is 5.91 Å². The second kappa shape index (κ2) is 7.61. The minimum atomic E-state index is -0.00978. The molecule has 0 saturated carbocycles. The summed E-state index contributed by atoms with van der Waals surface area (Å²) < 4.78 is 11.2. The summed E-state index contributed by atoms with van der Waals surface area (Å²) in [7, 11) is 1.62. The van der Waals surface area contributed by atoms with Crippen molar-refractivity contribution in [3.05, 3.63) is 54.1 Å². The van der Waals surface area contributed by atoms with E-state index in [9.17, 15) is 4.79 Å². The number of ether oxygens (including phenoxy) is 2. The average molecular weight is 366 g/mol. The molecule has 2 bridgehead atoms. The van der Waals surface area contributed by atoms with Crippen LogP contribution in [0.15, 0.2) is 48.5 Å². The van der Waals surface area contributed by atoms with Crippen molar-refractivity contribution in [1.29, 1.82) is 0 Å². The van der Waals surface area contributed by atoms with Crippen molar-refractivity contribution < 1.29 is 14.3 Å². The van der Waals surface area contributed by atoms with Gasteiger partial charge in [-0.05, 0) is 75.2 Å². The molecule has 3 aliphatic heterocycles. The summed E-state index contributed by atoms with van der Waals surface area (Å²) in [6.07, 6.45) is 2.36. The molecule has 0 unspecified atom stereocenters. The van der Waals surface area contributed by atoms with Gasteiger partial charge in [0.05, 0.1) is 7.11 Å². The van der Waals surface area contributed by atoms with Gasteiger partial charge >= 0.3 is 0 Å². The van der Waals surface area contributed by atoms with Crippen LogP contribution < -0.4 is 14.8 Å². The molecule has 2 aromatic rings. The van der Waals surface area contributed by atoms with Crippen molar-refractivity contribution in [2.24, 2.45) is 5.92 Å². The average Bonchev–Trinajstić information content (AvgIpc) is 2.72. The molecule has 2 atom stereocenters. The predicted molar refractivity (Wildman–Crippen MR) is 105 cm³/mol. The van der Waals surface area contributed by atoms with Crippen molar-refractivity contribution in [1.82, 2.24) is 10.2 Å². The van der Waals surface area contributed by atoms with Gasteiger partial charge in [0, 0.05) is 17.6 Å². The van der Waals surface area contributed by atoms with Crippen LogP contribution in [0.4, 0.5) is 0 Å². The lowest BCUT2D eigenvalue weighted by Gasteiger charge is -2.49. The summed E-state index contributed by atoms with van der Waals surface area (Å²) >= 11 is 0. The van der Waals surface area contributed by atoms with Gasteiger partial charge in [-0.25, -0.2) is 0 Å². The first-order valence-corrected chi connectivity index (χ1v) is 9.61. The Hall–Kier alpha value is -2.53. The Bertz CT molecular complexity index is 795. The maximum atomic E-state index is 12.7. The number of hydrogen-bond acceptors (Lipinski definition) is 4. The van der Waals surface area contributed by atoms with E-state index in [2.05, 4.69) is 17.1 Å². The molecule has 0 radical (unpaired) electrons. The van der Waals surface area contributed by atoms with Crippen molar-refractivity contribution in [2.75, 3.05) is 20.2 Å². The summed E-state index contributed by atoms with van der Waals surface area (Å²) in [5.74, 6) is 2.59. The molecule has 3 heterocycles. The number of carbonyl (C=O) groups excluding carboxylic acids is 1. The van der Waals surface area contributed by atoms with E-state index in [1.54, 1.807) is 7.11 Å². The summed E-state index contributed by atoms with van der Waals surface area (Å²) in [5.41, 5.74) is 0.658. The van der Waals surface area contributed by atoms with E-state index in [1.165, 1.54) is 12.8 Å². The molecule has 1 N–H and O–H groups in total. The zero-order valence-corrected chi connectivity index (χ0v) is 15.9. The van der Waals surface area contributed by atoms with Gasteiger partial charge in [-0.15, -0.1) is 0 Å². The lowest BCUT2D eigenvalue weighted by molar-refractivity contribution is 0.0217. The number of carbonyl (C=O) groups is 1. The molecule has 0 aliphatic carbocycles. The van der Waals surface area contributed by atoms with E-state index in [1.807, 2.05) is 48.5 Å². The first-order chi connectivity index (χ1) is 13.2. The number of hydrogen-bond donors (Lipinski definition) is 1. The fourth-order valence-electron chi connectivity index (χ4n) is 4.28. The maximum absolute atomic E-state index is 12.7. The molecule has 1 amide bonds. The number of benzene rings is 2. The Labute approximate surface area is 160 Å². The number of rotatable bonds is 5. The van der Waals surface area contributed by atoms with Crippen molar-refractivity contribution in [2.45, 2.75) is 31.8 Å². The summed E-state index contributed by atoms with van der Waals surface area (Å²) in [6, 6.07) is 15.4. The molecule has 3 fully saturated rings. The molecular weight excluding hydrogens is 340 g/mol. The highest BCUT2D eigenvalue weighted by Gasteiger charge is 2.40. The first-order valence-electron chi connectivity index (χ1n) is 9.61. The van der Waals surface area contributed by atoms with Crippen LogP contribution in [-0.4, -0.2) is 43.1 Å². The molecule has 5 heteroatoms. The van der Waals surface area contributed by atoms with Gasteiger partial charge < -0.3 is 14.8 Å². The standard InChI is InChI=1S/C22H26N2O3/c1-15-21(16-11-13-24(15)14-12-16)23-22(25)17-7-9-18(10-8-17)27-20-6-4-3-5-19(20)26-2/h3-10,15-16,21H,11-14H2,1-2H3,(H,23,25)/t15-,21-/m0/s1. The lowest BCUT2D eigenvalue weighted by atomic mass is 9.79. The predicted octanol–water partition coefficient (Wildman–Crippen LogP) is 3.70. The van der Waals surface area contributed by atoms with Crippen LogP contribution in [0.1, 0.15) is 30.1 Å². The van der Waals surface area contributed by atoms with Gasteiger partial charge in [-0.3, -0.25) is 9.69 Å². The Morgan fingerprint density at radius 1 is 1.04 bits per heavy atom. The number of methoxy groups -OCH3 is 1. The van der Waals surface area contributed by atoms with Crippen LogP contribution in [0.2, 0.25) is 0 Å². The third-order valence-electron chi connectivity index (χ3n) is 5.89. The molecule has 27 heavy (non-hydrogen) atoms. The second-order valence-electron chi connectivity index (χ2n) is 7.39. The zero-order chi connectivity index (χ0) is 18.8. The Kier molecular flexibility index (Phi) is 5.03. The van der Waals surface area contributed by atoms with E-state index >= 15 is 0 Å². The number of fused-ring (bicyclic) bond motifs is 3. The molecule has 142 valence electrons. The molecule has 0 aromatic heterocycles. The van der Waals surface area contributed by atoms with E-state index in [0.717, 1.165) is 13.1 Å². The smallest absolute Gasteiger partial charge is 0.251 e. The van der Waals surface area contributed by atoms with E-state index in [0.29, 0.717) is 34.8 Å². The van der Waals surface area contributed by atoms with Gasteiger partial charge in [0.25, 0.3) is 5.91 Å². The van der Waals surface area contributed by atoms with E-state index < -0.39 is 0 Å². The highest BCUT2D eigenvalue weighted by Crippen LogP contribution is 2.33. The summed E-state index contributed by atoms with van der Waals surface area (Å²) in [5, 5.41) is 3.26. The largest absolute Gasteiger partial charge is 0.493 e. The van der Waals surface area contributed by atoms with Gasteiger partial charge in [0.2, 0.25) is 0 Å². The highest BCUT2D eigenvalue weighted by atomic mass is 16.5. The number of nitrogens with one attached hydrogen (secondary N) is 1. The SMILES string of the molecule is COc1ccccc1Oc1ccc(C(=O)N[C@@H]2C3CCN(CC3)[C@H]2C)cc1. The van der Waals surface area contributed by atoms with Gasteiger partial charge in [0.1, 0.15) is 5.75 Å². The molecule has 0 spiro atoms. The molecule has 3 saturated heterocycles. The Morgan fingerprint density at radius 3 is 2.33 bits per heavy atom. The van der Waals surface area contributed by atoms with E-state index in [-0.39, 0.29) is 11.9 Å². The Balaban J connectivity index is 1.42. The summed E-state index contributed by atoms with van der Waals surface area (Å²) in [6.45, 7) is 4.54. The third-order valence-corrected chi connectivity index (χ3v) is 5.89. The van der Waals surface area contributed by atoms with Crippen LogP contribution >= 0.6 is 0 Å². The third kappa shape index (κ3) is 3.65. The maximum Gasteiger partial charge on any atom is 0.251 e. The minimum Gasteiger partial charge on any atom is -0.493 e. The fourth-order valence-corrected chi connectivity index (χ4v) is 4.28. The lowest BCUT2D eigenvalue weighted by Crippen LogP contribution is -2.62. The normalized spacial score (nSPS) is 26.4.